The minimum Gasteiger partial charge on any atom is -0.349 e. The maximum absolute atomic E-state index is 12.0. The summed E-state index contributed by atoms with van der Waals surface area (Å²) in [7, 11) is 2.47. The first-order valence-corrected chi connectivity index (χ1v) is 7.25. The molecule has 0 atom stereocenters. The van der Waals surface area contributed by atoms with Gasteiger partial charge in [-0.3, -0.25) is 14.9 Å². The predicted octanol–water partition coefficient (Wildman–Crippen LogP) is 1.37. The highest BCUT2D eigenvalue weighted by molar-refractivity contribution is 8.13. The number of nitro benzene ring substituents is 1. The monoisotopic (exact) mass is 302 g/mol. The Labute approximate surface area is 111 Å². The number of aromatic nitrogens is 1. The van der Waals surface area contributed by atoms with Crippen molar-refractivity contribution in [2.24, 2.45) is 7.05 Å². The first-order valence-electron chi connectivity index (χ1n) is 4.94. The number of hydrogen-bond acceptors (Lipinski definition) is 5. The zero-order chi connectivity index (χ0) is 14.4. The molecule has 19 heavy (non-hydrogen) atoms. The Balaban J connectivity index is 2.98. The fourth-order valence-electron chi connectivity index (χ4n) is 1.74. The van der Waals surface area contributed by atoms with Gasteiger partial charge in [0.1, 0.15) is 4.90 Å². The summed E-state index contributed by atoms with van der Waals surface area (Å²) in [6.45, 7) is 0. The lowest BCUT2D eigenvalue weighted by Gasteiger charge is -2.06. The number of aryl methyl sites for hydroxylation is 1. The SMILES string of the molecule is Cn1cc(S(=O)(=O)Cl)c(=O)c2cc([N+](=O)[O-])ccc21. The number of nitrogens with zero attached hydrogens (tertiary/aromatic N) is 2. The number of hydrogen-bond donors (Lipinski definition) is 0. The summed E-state index contributed by atoms with van der Waals surface area (Å²) in [5.74, 6) is 0. The quantitative estimate of drug-likeness (QED) is 0.474. The molecule has 0 saturated heterocycles. The molecular formula is C10H7ClN2O5S. The molecule has 1 aromatic carbocycles. The van der Waals surface area contributed by atoms with E-state index in [1.807, 2.05) is 0 Å². The second-order valence-electron chi connectivity index (χ2n) is 3.83. The highest BCUT2D eigenvalue weighted by atomic mass is 35.7. The molecule has 0 bridgehead atoms. The van der Waals surface area contributed by atoms with Gasteiger partial charge in [0.15, 0.2) is 0 Å². The highest BCUT2D eigenvalue weighted by Gasteiger charge is 2.19. The molecule has 1 aromatic heterocycles. The van der Waals surface area contributed by atoms with Crippen LogP contribution in [0.15, 0.2) is 34.1 Å². The van der Waals surface area contributed by atoms with Gasteiger partial charge in [0.25, 0.3) is 14.7 Å². The number of benzene rings is 1. The van der Waals surface area contributed by atoms with E-state index in [0.29, 0.717) is 5.52 Å². The lowest BCUT2D eigenvalue weighted by Crippen LogP contribution is -2.15. The lowest BCUT2D eigenvalue weighted by atomic mass is 10.2. The number of rotatable bonds is 2. The summed E-state index contributed by atoms with van der Waals surface area (Å²) in [5, 5.41) is 10.6. The maximum atomic E-state index is 12.0. The molecule has 0 fully saturated rings. The van der Waals surface area contributed by atoms with E-state index in [0.717, 1.165) is 12.3 Å². The van der Waals surface area contributed by atoms with Crippen LogP contribution in [0.3, 0.4) is 0 Å². The number of non-ortho nitro benzene ring substituents is 1. The molecule has 0 aliphatic rings. The minimum atomic E-state index is -4.21. The van der Waals surface area contributed by atoms with Crippen LogP contribution in [0.2, 0.25) is 0 Å². The second-order valence-corrected chi connectivity index (χ2v) is 6.36. The van der Waals surface area contributed by atoms with Crippen molar-refractivity contribution in [1.29, 1.82) is 0 Å². The third kappa shape index (κ3) is 2.32. The van der Waals surface area contributed by atoms with Crippen LogP contribution in [0.5, 0.6) is 0 Å². The van der Waals surface area contributed by atoms with Crippen LogP contribution in [0, 0.1) is 10.1 Å². The van der Waals surface area contributed by atoms with Gasteiger partial charge in [-0.15, -0.1) is 0 Å². The molecule has 0 N–H and O–H groups in total. The van der Waals surface area contributed by atoms with Gasteiger partial charge in [0, 0.05) is 36.1 Å². The minimum absolute atomic E-state index is 0.0709. The van der Waals surface area contributed by atoms with Crippen LogP contribution >= 0.6 is 10.7 Å². The Kier molecular flexibility index (Phi) is 3.07. The average molecular weight is 303 g/mol. The molecule has 0 aliphatic heterocycles. The zero-order valence-electron chi connectivity index (χ0n) is 9.53. The van der Waals surface area contributed by atoms with Crippen LogP contribution < -0.4 is 5.43 Å². The largest absolute Gasteiger partial charge is 0.349 e. The first-order chi connectivity index (χ1) is 8.71. The van der Waals surface area contributed by atoms with E-state index in [9.17, 15) is 23.3 Å². The smallest absolute Gasteiger partial charge is 0.270 e. The van der Waals surface area contributed by atoms with Gasteiger partial charge in [-0.25, -0.2) is 8.42 Å². The number of pyridine rings is 1. The summed E-state index contributed by atoms with van der Waals surface area (Å²) in [4.78, 5) is 21.4. The van der Waals surface area contributed by atoms with Gasteiger partial charge in [-0.1, -0.05) is 0 Å². The van der Waals surface area contributed by atoms with Crippen molar-refractivity contribution in [3.8, 4) is 0 Å². The second kappa shape index (κ2) is 4.32. The summed E-state index contributed by atoms with van der Waals surface area (Å²) in [6, 6.07) is 3.64. The summed E-state index contributed by atoms with van der Waals surface area (Å²) >= 11 is 0. The molecule has 0 unspecified atom stereocenters. The fraction of sp³-hybridized carbons (Fsp3) is 0.100. The van der Waals surface area contributed by atoms with Gasteiger partial charge in [-0.05, 0) is 6.07 Å². The third-order valence-corrected chi connectivity index (χ3v) is 3.93. The highest BCUT2D eigenvalue weighted by Crippen LogP contribution is 2.20. The molecule has 0 amide bonds. The normalized spacial score (nSPS) is 11.7. The maximum Gasteiger partial charge on any atom is 0.270 e. The van der Waals surface area contributed by atoms with Crippen LogP contribution in [0.25, 0.3) is 10.9 Å². The summed E-state index contributed by atoms with van der Waals surface area (Å²) in [6.07, 6.45) is 1.08. The Hall–Kier alpha value is -1.93. The molecule has 1 heterocycles. The Bertz CT molecular complexity index is 856. The van der Waals surface area contributed by atoms with E-state index in [-0.39, 0.29) is 11.1 Å². The van der Waals surface area contributed by atoms with Crippen molar-refractivity contribution in [3.63, 3.8) is 0 Å². The molecule has 9 heteroatoms. The van der Waals surface area contributed by atoms with E-state index in [1.165, 1.54) is 23.7 Å². The molecule has 100 valence electrons. The van der Waals surface area contributed by atoms with Crippen LogP contribution in [0.1, 0.15) is 0 Å². The standard InChI is InChI=1S/C10H7ClN2O5S/c1-12-5-9(19(11,17)18)10(14)7-4-6(13(15)16)2-3-8(7)12/h2-5H,1H3. The first kappa shape index (κ1) is 13.5. The molecular weight excluding hydrogens is 296 g/mol. The van der Waals surface area contributed by atoms with Crippen molar-refractivity contribution >= 4 is 36.3 Å². The lowest BCUT2D eigenvalue weighted by molar-refractivity contribution is -0.384. The summed E-state index contributed by atoms with van der Waals surface area (Å²) < 4.78 is 23.9. The summed E-state index contributed by atoms with van der Waals surface area (Å²) in [5.41, 5.74) is -0.778. The molecule has 0 saturated carbocycles. The van der Waals surface area contributed by atoms with Crippen molar-refractivity contribution in [3.05, 3.63) is 44.7 Å². The van der Waals surface area contributed by atoms with Crippen molar-refractivity contribution in [2.75, 3.05) is 0 Å². The number of fused-ring (bicyclic) bond motifs is 1. The molecule has 7 nitrogen and oxygen atoms in total. The van der Waals surface area contributed by atoms with E-state index >= 15 is 0 Å². The van der Waals surface area contributed by atoms with Gasteiger partial charge in [0.2, 0.25) is 5.43 Å². The van der Waals surface area contributed by atoms with E-state index in [2.05, 4.69) is 0 Å². The predicted molar refractivity (Wildman–Crippen MR) is 68.9 cm³/mol. The van der Waals surface area contributed by atoms with Crippen LogP contribution in [-0.4, -0.2) is 17.9 Å². The van der Waals surface area contributed by atoms with E-state index in [1.54, 1.807) is 0 Å². The van der Waals surface area contributed by atoms with Gasteiger partial charge in [0.05, 0.1) is 15.8 Å². The topological polar surface area (TPSA) is 99.3 Å². The van der Waals surface area contributed by atoms with Crippen molar-refractivity contribution in [2.45, 2.75) is 4.90 Å². The van der Waals surface area contributed by atoms with Gasteiger partial charge in [-0.2, -0.15) is 0 Å². The van der Waals surface area contributed by atoms with E-state index in [4.69, 9.17) is 10.7 Å². The van der Waals surface area contributed by atoms with Gasteiger partial charge < -0.3 is 4.57 Å². The van der Waals surface area contributed by atoms with E-state index < -0.39 is 24.3 Å². The fourth-order valence-corrected chi connectivity index (χ4v) is 2.68. The third-order valence-electron chi connectivity index (χ3n) is 2.61. The van der Waals surface area contributed by atoms with Crippen LogP contribution in [0.4, 0.5) is 5.69 Å². The van der Waals surface area contributed by atoms with Gasteiger partial charge >= 0.3 is 0 Å². The van der Waals surface area contributed by atoms with Crippen LogP contribution in [-0.2, 0) is 16.1 Å². The average Bonchev–Trinajstić information content (AvgIpc) is 2.31. The molecule has 0 spiro atoms. The zero-order valence-corrected chi connectivity index (χ0v) is 11.1. The number of nitro groups is 1. The Morgan fingerprint density at radius 1 is 1.37 bits per heavy atom. The molecule has 2 rings (SSSR count). The molecule has 2 aromatic rings. The van der Waals surface area contributed by atoms with Crippen molar-refractivity contribution in [1.82, 2.24) is 4.57 Å². The molecule has 0 aliphatic carbocycles. The number of halogens is 1. The Morgan fingerprint density at radius 3 is 2.53 bits per heavy atom. The Morgan fingerprint density at radius 2 is 2.00 bits per heavy atom. The van der Waals surface area contributed by atoms with Crippen molar-refractivity contribution < 1.29 is 13.3 Å². The molecule has 0 radical (unpaired) electrons.